The van der Waals surface area contributed by atoms with E-state index in [0.29, 0.717) is 18.0 Å². The molecule has 5 heteroatoms. The summed E-state index contributed by atoms with van der Waals surface area (Å²) < 4.78 is 4.87. The largest absolute Gasteiger partial charge is 0.463 e. The summed E-state index contributed by atoms with van der Waals surface area (Å²) in [7, 11) is 2.11. The van der Waals surface area contributed by atoms with Gasteiger partial charge in [0.05, 0.1) is 9.47 Å². The molecule has 82 valence electrons. The highest BCUT2D eigenvalue weighted by Gasteiger charge is 2.02. The minimum Gasteiger partial charge on any atom is -0.463 e. The Bertz CT molecular complexity index is 331. The first-order valence-electron chi connectivity index (χ1n) is 4.89. The third kappa shape index (κ3) is 4.26. The summed E-state index contributed by atoms with van der Waals surface area (Å²) in [4.78, 5) is 15.3. The SMILES string of the molecule is CCCCC(=O)Nc1ccnc(OP)c1. The molecule has 0 spiro atoms. The number of nitrogens with zero attached hydrogens (tertiary/aromatic N) is 1. The van der Waals surface area contributed by atoms with Crippen molar-refractivity contribution in [1.82, 2.24) is 4.98 Å². The molecule has 1 heterocycles. The summed E-state index contributed by atoms with van der Waals surface area (Å²) >= 11 is 0. The number of carbonyl (C=O) groups excluding carboxylic acids is 1. The standard InChI is InChI=1S/C10H15N2O2P/c1-2-3-4-9(13)12-8-5-6-11-10(7-8)14-15/h5-7H,2-4,15H2,1H3,(H,11,12,13). The lowest BCUT2D eigenvalue weighted by molar-refractivity contribution is -0.116. The second-order valence-electron chi connectivity index (χ2n) is 3.15. The summed E-state index contributed by atoms with van der Waals surface area (Å²) in [6, 6.07) is 3.41. The molecule has 15 heavy (non-hydrogen) atoms. The average molecular weight is 226 g/mol. The summed E-state index contributed by atoms with van der Waals surface area (Å²) in [5, 5.41) is 2.78. The van der Waals surface area contributed by atoms with Crippen LogP contribution in [0.3, 0.4) is 0 Å². The molecule has 0 aromatic carbocycles. The predicted molar refractivity (Wildman–Crippen MR) is 62.7 cm³/mol. The van der Waals surface area contributed by atoms with Crippen molar-refractivity contribution in [1.29, 1.82) is 0 Å². The van der Waals surface area contributed by atoms with Crippen LogP contribution in [0.2, 0.25) is 0 Å². The van der Waals surface area contributed by atoms with Gasteiger partial charge in [0.25, 0.3) is 0 Å². The Labute approximate surface area is 91.7 Å². The third-order valence-corrected chi connectivity index (χ3v) is 2.14. The zero-order valence-electron chi connectivity index (χ0n) is 8.69. The van der Waals surface area contributed by atoms with Crippen molar-refractivity contribution in [3.8, 4) is 5.88 Å². The molecule has 0 aliphatic heterocycles. The van der Waals surface area contributed by atoms with Gasteiger partial charge in [0.2, 0.25) is 11.8 Å². The topological polar surface area (TPSA) is 51.2 Å². The molecule has 0 fully saturated rings. The number of rotatable bonds is 5. The number of hydrogen-bond donors (Lipinski definition) is 1. The minimum absolute atomic E-state index is 0.0257. The molecule has 0 bridgehead atoms. The zero-order chi connectivity index (χ0) is 11.1. The zero-order valence-corrected chi connectivity index (χ0v) is 9.85. The van der Waals surface area contributed by atoms with Gasteiger partial charge in [0, 0.05) is 24.4 Å². The summed E-state index contributed by atoms with van der Waals surface area (Å²) in [6.45, 7) is 2.06. The van der Waals surface area contributed by atoms with E-state index in [0.717, 1.165) is 12.8 Å². The summed E-state index contributed by atoms with van der Waals surface area (Å²) in [6.07, 6.45) is 4.07. The van der Waals surface area contributed by atoms with E-state index in [9.17, 15) is 4.79 Å². The lowest BCUT2D eigenvalue weighted by Gasteiger charge is -2.05. The fraction of sp³-hybridized carbons (Fsp3) is 0.400. The van der Waals surface area contributed by atoms with Gasteiger partial charge in [0.15, 0.2) is 0 Å². The minimum atomic E-state index is 0.0257. The first-order valence-corrected chi connectivity index (χ1v) is 5.36. The van der Waals surface area contributed by atoms with E-state index in [-0.39, 0.29) is 5.91 Å². The number of unbranched alkanes of at least 4 members (excludes halogenated alkanes) is 1. The Morgan fingerprint density at radius 3 is 3.13 bits per heavy atom. The highest BCUT2D eigenvalue weighted by atomic mass is 31.0. The van der Waals surface area contributed by atoms with Crippen LogP contribution < -0.4 is 9.84 Å². The van der Waals surface area contributed by atoms with Gasteiger partial charge in [-0.3, -0.25) is 4.79 Å². The van der Waals surface area contributed by atoms with E-state index >= 15 is 0 Å². The number of amides is 1. The Kier molecular flexibility index (Phi) is 5.05. The molecule has 0 radical (unpaired) electrons. The second kappa shape index (κ2) is 6.36. The number of hydrogen-bond acceptors (Lipinski definition) is 3. The van der Waals surface area contributed by atoms with Gasteiger partial charge in [-0.2, -0.15) is 0 Å². The Morgan fingerprint density at radius 1 is 1.67 bits per heavy atom. The van der Waals surface area contributed by atoms with E-state index < -0.39 is 0 Å². The first-order chi connectivity index (χ1) is 7.26. The van der Waals surface area contributed by atoms with Crippen LogP contribution in [0.4, 0.5) is 5.69 Å². The van der Waals surface area contributed by atoms with Crippen LogP contribution in [0, 0.1) is 0 Å². The summed E-state index contributed by atoms with van der Waals surface area (Å²) in [5.74, 6) is 0.492. The van der Waals surface area contributed by atoms with E-state index in [1.807, 2.05) is 0 Å². The Balaban J connectivity index is 2.52. The van der Waals surface area contributed by atoms with Crippen molar-refractivity contribution in [3.63, 3.8) is 0 Å². The third-order valence-electron chi connectivity index (χ3n) is 1.90. The fourth-order valence-corrected chi connectivity index (χ4v) is 1.24. The maximum atomic E-state index is 11.4. The van der Waals surface area contributed by atoms with Crippen molar-refractivity contribution >= 4 is 21.1 Å². The molecule has 0 saturated heterocycles. The number of aromatic nitrogens is 1. The van der Waals surface area contributed by atoms with Gasteiger partial charge in [-0.1, -0.05) is 13.3 Å². The van der Waals surface area contributed by atoms with Crippen molar-refractivity contribution in [2.24, 2.45) is 0 Å². The van der Waals surface area contributed by atoms with Gasteiger partial charge < -0.3 is 9.84 Å². The van der Waals surface area contributed by atoms with E-state index in [1.54, 1.807) is 18.3 Å². The first kappa shape index (κ1) is 11.9. The fourth-order valence-electron chi connectivity index (χ4n) is 1.11. The van der Waals surface area contributed by atoms with E-state index in [2.05, 4.69) is 26.7 Å². The van der Waals surface area contributed by atoms with Gasteiger partial charge in [-0.15, -0.1) is 0 Å². The van der Waals surface area contributed by atoms with Gasteiger partial charge in [-0.05, 0) is 12.5 Å². The monoisotopic (exact) mass is 226 g/mol. The van der Waals surface area contributed by atoms with E-state index in [4.69, 9.17) is 4.52 Å². The van der Waals surface area contributed by atoms with Crippen LogP contribution in [0.5, 0.6) is 5.88 Å². The normalized spacial score (nSPS) is 9.73. The van der Waals surface area contributed by atoms with Crippen molar-refractivity contribution < 1.29 is 9.32 Å². The Morgan fingerprint density at radius 2 is 2.47 bits per heavy atom. The van der Waals surface area contributed by atoms with Crippen LogP contribution in [-0.4, -0.2) is 10.9 Å². The average Bonchev–Trinajstić information content (AvgIpc) is 2.26. The smallest absolute Gasteiger partial charge is 0.224 e. The van der Waals surface area contributed by atoms with Crippen molar-refractivity contribution in [2.45, 2.75) is 26.2 Å². The highest BCUT2D eigenvalue weighted by Crippen LogP contribution is 2.15. The Hall–Kier alpha value is -1.15. The lowest BCUT2D eigenvalue weighted by atomic mass is 10.2. The predicted octanol–water partition coefficient (Wildman–Crippen LogP) is 2.38. The molecule has 4 nitrogen and oxygen atoms in total. The van der Waals surface area contributed by atoms with Crippen molar-refractivity contribution in [2.75, 3.05) is 5.32 Å². The molecule has 0 aliphatic rings. The molecule has 1 rings (SSSR count). The number of carbonyl (C=O) groups is 1. The molecule has 1 amide bonds. The number of anilines is 1. The van der Waals surface area contributed by atoms with E-state index in [1.165, 1.54) is 0 Å². The van der Waals surface area contributed by atoms with Crippen LogP contribution >= 0.6 is 9.47 Å². The molecule has 1 unspecified atom stereocenters. The molecule has 0 saturated carbocycles. The molecular weight excluding hydrogens is 211 g/mol. The van der Waals surface area contributed by atoms with Gasteiger partial charge in [-0.25, -0.2) is 4.98 Å². The second-order valence-corrected chi connectivity index (χ2v) is 3.39. The lowest BCUT2D eigenvalue weighted by Crippen LogP contribution is -2.10. The van der Waals surface area contributed by atoms with Gasteiger partial charge in [0.1, 0.15) is 0 Å². The molecular formula is C10H15N2O2P. The number of nitrogens with one attached hydrogen (secondary N) is 1. The molecule has 1 aromatic heterocycles. The maximum absolute atomic E-state index is 11.4. The molecule has 1 atom stereocenters. The van der Waals surface area contributed by atoms with Crippen LogP contribution in [0.1, 0.15) is 26.2 Å². The molecule has 1 N–H and O–H groups in total. The number of pyridine rings is 1. The molecule has 0 aliphatic carbocycles. The van der Waals surface area contributed by atoms with Crippen LogP contribution in [0.25, 0.3) is 0 Å². The summed E-state index contributed by atoms with van der Waals surface area (Å²) in [5.41, 5.74) is 0.712. The van der Waals surface area contributed by atoms with Crippen molar-refractivity contribution in [3.05, 3.63) is 18.3 Å². The maximum Gasteiger partial charge on any atom is 0.224 e. The van der Waals surface area contributed by atoms with Gasteiger partial charge >= 0.3 is 0 Å². The quantitative estimate of drug-likeness (QED) is 0.784. The highest BCUT2D eigenvalue weighted by molar-refractivity contribution is 7.10. The van der Waals surface area contributed by atoms with Crippen LogP contribution in [-0.2, 0) is 4.79 Å². The van der Waals surface area contributed by atoms with Crippen LogP contribution in [0.15, 0.2) is 18.3 Å². The molecule has 1 aromatic rings.